The first-order valence-electron chi connectivity index (χ1n) is 6.76. The van der Waals surface area contributed by atoms with E-state index in [0.717, 1.165) is 13.0 Å². The average Bonchev–Trinajstić information content (AvgIpc) is 2.94. The SMILES string of the molecule is CC1Oc2ccc(NC(=O)C3CCNC3)cc2NC1=O. The third kappa shape index (κ3) is 2.46. The molecule has 20 heavy (non-hydrogen) atoms. The highest BCUT2D eigenvalue weighted by Crippen LogP contribution is 2.32. The average molecular weight is 275 g/mol. The normalized spacial score (nSPS) is 24.6. The van der Waals surface area contributed by atoms with E-state index in [9.17, 15) is 9.59 Å². The van der Waals surface area contributed by atoms with Gasteiger partial charge in [-0.15, -0.1) is 0 Å². The summed E-state index contributed by atoms with van der Waals surface area (Å²) in [6.07, 6.45) is 0.362. The van der Waals surface area contributed by atoms with Gasteiger partial charge >= 0.3 is 0 Å². The predicted octanol–water partition coefficient (Wildman–Crippen LogP) is 0.954. The second kappa shape index (κ2) is 5.13. The number of anilines is 2. The van der Waals surface area contributed by atoms with Gasteiger partial charge in [0.2, 0.25) is 5.91 Å². The Hall–Kier alpha value is -2.08. The lowest BCUT2D eigenvalue weighted by atomic mass is 10.1. The molecule has 1 saturated heterocycles. The van der Waals surface area contributed by atoms with Gasteiger partial charge in [-0.05, 0) is 38.1 Å². The second-order valence-corrected chi connectivity index (χ2v) is 5.14. The molecule has 1 aromatic rings. The summed E-state index contributed by atoms with van der Waals surface area (Å²) in [5.74, 6) is 0.460. The highest BCUT2D eigenvalue weighted by Gasteiger charge is 2.25. The number of hydrogen-bond donors (Lipinski definition) is 3. The topological polar surface area (TPSA) is 79.5 Å². The van der Waals surface area contributed by atoms with Gasteiger partial charge in [0, 0.05) is 12.2 Å². The molecular formula is C14H17N3O3. The Bertz CT molecular complexity index is 553. The van der Waals surface area contributed by atoms with Crippen LogP contribution in [0.1, 0.15) is 13.3 Å². The van der Waals surface area contributed by atoms with Gasteiger partial charge in [-0.3, -0.25) is 9.59 Å². The lowest BCUT2D eigenvalue weighted by molar-refractivity contribution is -0.122. The highest BCUT2D eigenvalue weighted by molar-refractivity contribution is 5.99. The molecule has 6 heteroatoms. The van der Waals surface area contributed by atoms with Crippen molar-refractivity contribution in [3.63, 3.8) is 0 Å². The molecule has 1 aromatic carbocycles. The molecule has 2 heterocycles. The maximum Gasteiger partial charge on any atom is 0.265 e. The van der Waals surface area contributed by atoms with Gasteiger partial charge in [-0.2, -0.15) is 0 Å². The lowest BCUT2D eigenvalue weighted by Gasteiger charge is -2.23. The Kier molecular flexibility index (Phi) is 3.31. The number of carbonyl (C=O) groups excluding carboxylic acids is 2. The molecule has 0 aliphatic carbocycles. The smallest absolute Gasteiger partial charge is 0.265 e. The molecular weight excluding hydrogens is 258 g/mol. The Morgan fingerprint density at radius 3 is 3.05 bits per heavy atom. The van der Waals surface area contributed by atoms with Crippen LogP contribution in [0.15, 0.2) is 18.2 Å². The fraction of sp³-hybridized carbons (Fsp3) is 0.429. The fourth-order valence-electron chi connectivity index (χ4n) is 2.41. The number of fused-ring (bicyclic) bond motifs is 1. The second-order valence-electron chi connectivity index (χ2n) is 5.14. The third-order valence-electron chi connectivity index (χ3n) is 3.61. The van der Waals surface area contributed by atoms with Crippen molar-refractivity contribution in [2.45, 2.75) is 19.4 Å². The van der Waals surface area contributed by atoms with E-state index in [1.165, 1.54) is 0 Å². The summed E-state index contributed by atoms with van der Waals surface area (Å²) in [4.78, 5) is 23.6. The largest absolute Gasteiger partial charge is 0.479 e. The van der Waals surface area contributed by atoms with Crippen LogP contribution in [0.5, 0.6) is 5.75 Å². The van der Waals surface area contributed by atoms with Crippen LogP contribution in [0.4, 0.5) is 11.4 Å². The third-order valence-corrected chi connectivity index (χ3v) is 3.61. The minimum Gasteiger partial charge on any atom is -0.479 e. The van der Waals surface area contributed by atoms with E-state index in [2.05, 4.69) is 16.0 Å². The molecule has 0 aromatic heterocycles. The molecule has 0 bridgehead atoms. The van der Waals surface area contributed by atoms with Gasteiger partial charge in [0.15, 0.2) is 6.10 Å². The Morgan fingerprint density at radius 1 is 1.45 bits per heavy atom. The first-order valence-corrected chi connectivity index (χ1v) is 6.76. The number of rotatable bonds is 2. The molecule has 0 spiro atoms. The van der Waals surface area contributed by atoms with Crippen molar-refractivity contribution >= 4 is 23.2 Å². The summed E-state index contributed by atoms with van der Waals surface area (Å²) in [7, 11) is 0. The fourth-order valence-corrected chi connectivity index (χ4v) is 2.41. The van der Waals surface area contributed by atoms with E-state index < -0.39 is 6.10 Å². The summed E-state index contributed by atoms with van der Waals surface area (Å²) in [6, 6.07) is 5.26. The first kappa shape index (κ1) is 12.9. The van der Waals surface area contributed by atoms with Crippen LogP contribution in [0.25, 0.3) is 0 Å². The molecule has 0 saturated carbocycles. The molecule has 2 unspecified atom stereocenters. The molecule has 106 valence electrons. The summed E-state index contributed by atoms with van der Waals surface area (Å²) in [6.45, 7) is 3.29. The minimum absolute atomic E-state index is 0.00590. The Morgan fingerprint density at radius 2 is 2.30 bits per heavy atom. The minimum atomic E-state index is -0.493. The molecule has 2 aliphatic rings. The van der Waals surface area contributed by atoms with E-state index in [0.29, 0.717) is 23.7 Å². The summed E-state index contributed by atoms with van der Waals surface area (Å²) in [5.41, 5.74) is 1.26. The molecule has 2 atom stereocenters. The van der Waals surface area contributed by atoms with Crippen LogP contribution >= 0.6 is 0 Å². The van der Waals surface area contributed by atoms with Crippen LogP contribution in [0.2, 0.25) is 0 Å². The van der Waals surface area contributed by atoms with Gasteiger partial charge in [0.05, 0.1) is 11.6 Å². The standard InChI is InChI=1S/C14H17N3O3/c1-8-13(18)17-11-6-10(2-3-12(11)20-8)16-14(19)9-4-5-15-7-9/h2-3,6,8-9,15H,4-5,7H2,1H3,(H,16,19)(H,17,18). The van der Waals surface area contributed by atoms with Crippen LogP contribution in [-0.4, -0.2) is 31.0 Å². The molecule has 1 fully saturated rings. The monoisotopic (exact) mass is 275 g/mol. The van der Waals surface area contributed by atoms with Crippen molar-refractivity contribution < 1.29 is 14.3 Å². The van der Waals surface area contributed by atoms with E-state index in [1.54, 1.807) is 25.1 Å². The van der Waals surface area contributed by atoms with E-state index in [-0.39, 0.29) is 17.7 Å². The van der Waals surface area contributed by atoms with E-state index >= 15 is 0 Å². The Balaban J connectivity index is 1.74. The van der Waals surface area contributed by atoms with Gasteiger partial charge in [0.25, 0.3) is 5.91 Å². The van der Waals surface area contributed by atoms with Crippen LogP contribution in [-0.2, 0) is 9.59 Å². The van der Waals surface area contributed by atoms with Gasteiger partial charge in [-0.25, -0.2) is 0 Å². The van der Waals surface area contributed by atoms with E-state index in [1.807, 2.05) is 0 Å². The number of hydrogen-bond acceptors (Lipinski definition) is 4. The van der Waals surface area contributed by atoms with Crippen LogP contribution in [0, 0.1) is 5.92 Å². The summed E-state index contributed by atoms with van der Waals surface area (Å²) < 4.78 is 5.47. The molecule has 3 rings (SSSR count). The summed E-state index contributed by atoms with van der Waals surface area (Å²) in [5, 5.41) is 8.80. The highest BCUT2D eigenvalue weighted by atomic mass is 16.5. The number of ether oxygens (including phenoxy) is 1. The predicted molar refractivity (Wildman–Crippen MR) is 74.8 cm³/mol. The van der Waals surface area contributed by atoms with Crippen molar-refractivity contribution in [1.82, 2.24) is 5.32 Å². The van der Waals surface area contributed by atoms with Crippen molar-refractivity contribution in [2.24, 2.45) is 5.92 Å². The number of amides is 2. The quantitative estimate of drug-likeness (QED) is 0.751. The molecule has 3 N–H and O–H groups in total. The van der Waals surface area contributed by atoms with Crippen molar-refractivity contribution in [1.29, 1.82) is 0 Å². The van der Waals surface area contributed by atoms with Gasteiger partial charge in [-0.1, -0.05) is 0 Å². The molecule has 2 aliphatic heterocycles. The van der Waals surface area contributed by atoms with Gasteiger partial charge in [0.1, 0.15) is 5.75 Å². The molecule has 6 nitrogen and oxygen atoms in total. The van der Waals surface area contributed by atoms with Crippen molar-refractivity contribution in [3.8, 4) is 5.75 Å². The maximum absolute atomic E-state index is 12.0. The maximum atomic E-state index is 12.0. The Labute approximate surface area is 116 Å². The number of nitrogens with one attached hydrogen (secondary N) is 3. The number of benzene rings is 1. The first-order chi connectivity index (χ1) is 9.63. The zero-order valence-electron chi connectivity index (χ0n) is 11.2. The zero-order valence-corrected chi connectivity index (χ0v) is 11.2. The molecule has 0 radical (unpaired) electrons. The van der Waals surface area contributed by atoms with Gasteiger partial charge < -0.3 is 20.7 Å². The zero-order chi connectivity index (χ0) is 14.1. The number of carbonyl (C=O) groups is 2. The molecule has 2 amide bonds. The van der Waals surface area contributed by atoms with Crippen LogP contribution in [0.3, 0.4) is 0 Å². The summed E-state index contributed by atoms with van der Waals surface area (Å²) >= 11 is 0. The van der Waals surface area contributed by atoms with Crippen molar-refractivity contribution in [3.05, 3.63) is 18.2 Å². The van der Waals surface area contributed by atoms with E-state index in [4.69, 9.17) is 4.74 Å². The van der Waals surface area contributed by atoms with Crippen LogP contribution < -0.4 is 20.7 Å². The lowest BCUT2D eigenvalue weighted by Crippen LogP contribution is -2.34. The van der Waals surface area contributed by atoms with Crippen molar-refractivity contribution in [2.75, 3.05) is 23.7 Å².